The molecule has 0 aromatic carbocycles. The minimum Gasteiger partial charge on any atom is -0.466 e. The summed E-state index contributed by atoms with van der Waals surface area (Å²) in [6, 6.07) is 0. The van der Waals surface area contributed by atoms with Gasteiger partial charge in [-0.25, -0.2) is 0 Å². The molecule has 24 heavy (non-hydrogen) atoms. The van der Waals surface area contributed by atoms with E-state index in [1.807, 2.05) is 0 Å². The van der Waals surface area contributed by atoms with Crippen molar-refractivity contribution in [1.29, 1.82) is 0 Å². The number of unbranched alkanes of at least 4 members (excludes halogenated alkanes) is 9. The van der Waals surface area contributed by atoms with Crippen molar-refractivity contribution in [2.45, 2.75) is 104 Å². The molecule has 0 N–H and O–H groups in total. The van der Waals surface area contributed by atoms with Crippen molar-refractivity contribution in [3.05, 3.63) is 0 Å². The van der Waals surface area contributed by atoms with Crippen LogP contribution in [-0.4, -0.2) is 25.2 Å². The van der Waals surface area contributed by atoms with Crippen LogP contribution in [-0.2, 0) is 19.1 Å². The minimum atomic E-state index is -0.0852. The Morgan fingerprint density at radius 1 is 0.542 bits per heavy atom. The summed E-state index contributed by atoms with van der Waals surface area (Å²) in [5.74, 6) is -0.170. The molecule has 0 heterocycles. The van der Waals surface area contributed by atoms with Gasteiger partial charge in [0.15, 0.2) is 0 Å². The van der Waals surface area contributed by atoms with Crippen molar-refractivity contribution in [3.63, 3.8) is 0 Å². The third-order valence-electron chi connectivity index (χ3n) is 4.03. The summed E-state index contributed by atoms with van der Waals surface area (Å²) in [5, 5.41) is 0. The highest BCUT2D eigenvalue weighted by molar-refractivity contribution is 5.69. The van der Waals surface area contributed by atoms with E-state index in [4.69, 9.17) is 9.47 Å². The minimum absolute atomic E-state index is 0.0852. The quantitative estimate of drug-likeness (QED) is 0.256. The monoisotopic (exact) mass is 342 g/mol. The molecule has 0 aromatic rings. The molecule has 0 rings (SSSR count). The van der Waals surface area contributed by atoms with Crippen LogP contribution in [0.2, 0.25) is 0 Å². The molecule has 0 saturated heterocycles. The van der Waals surface area contributed by atoms with Crippen LogP contribution in [0.5, 0.6) is 0 Å². The topological polar surface area (TPSA) is 52.6 Å². The molecular weight excluding hydrogens is 304 g/mol. The smallest absolute Gasteiger partial charge is 0.305 e. The number of carbonyl (C=O) groups is 2. The summed E-state index contributed by atoms with van der Waals surface area (Å²) in [6.07, 6.45) is 13.6. The fourth-order valence-electron chi connectivity index (χ4n) is 2.47. The first-order valence-electron chi connectivity index (χ1n) is 10.0. The van der Waals surface area contributed by atoms with Gasteiger partial charge in [0.25, 0.3) is 0 Å². The maximum absolute atomic E-state index is 11.5. The molecule has 142 valence electrons. The van der Waals surface area contributed by atoms with E-state index in [1.54, 1.807) is 0 Å². The van der Waals surface area contributed by atoms with Crippen LogP contribution in [0.4, 0.5) is 0 Å². The highest BCUT2D eigenvalue weighted by atomic mass is 16.5. The lowest BCUT2D eigenvalue weighted by Gasteiger charge is -2.05. The normalized spacial score (nSPS) is 10.6. The SMILES string of the molecule is CCCCCCOC(=O)CCCCCCC(=O)OCCCCCC. The fourth-order valence-corrected chi connectivity index (χ4v) is 2.47. The lowest BCUT2D eigenvalue weighted by Crippen LogP contribution is -2.06. The molecule has 0 spiro atoms. The molecule has 0 aliphatic carbocycles. The lowest BCUT2D eigenvalue weighted by atomic mass is 10.1. The third-order valence-corrected chi connectivity index (χ3v) is 4.03. The second-order valence-electron chi connectivity index (χ2n) is 6.48. The molecule has 0 radical (unpaired) electrons. The van der Waals surface area contributed by atoms with Crippen LogP contribution in [0, 0.1) is 0 Å². The molecule has 0 aliphatic rings. The number of esters is 2. The van der Waals surface area contributed by atoms with Gasteiger partial charge in [-0.3, -0.25) is 9.59 Å². The van der Waals surface area contributed by atoms with E-state index >= 15 is 0 Å². The molecule has 4 nitrogen and oxygen atoms in total. The molecule has 0 fully saturated rings. The van der Waals surface area contributed by atoms with E-state index in [9.17, 15) is 9.59 Å². The first kappa shape index (κ1) is 22.9. The molecule has 0 aromatic heterocycles. The molecular formula is C20H38O4. The first-order chi connectivity index (χ1) is 11.7. The summed E-state index contributed by atoms with van der Waals surface area (Å²) >= 11 is 0. The predicted octanol–water partition coefficient (Wildman–Crippen LogP) is 5.57. The summed E-state index contributed by atoms with van der Waals surface area (Å²) in [4.78, 5) is 23.0. The van der Waals surface area contributed by atoms with E-state index in [0.29, 0.717) is 26.1 Å². The van der Waals surface area contributed by atoms with E-state index < -0.39 is 0 Å². The van der Waals surface area contributed by atoms with Crippen LogP contribution >= 0.6 is 0 Å². The van der Waals surface area contributed by atoms with E-state index in [0.717, 1.165) is 51.4 Å². The lowest BCUT2D eigenvalue weighted by molar-refractivity contribution is -0.145. The van der Waals surface area contributed by atoms with E-state index in [1.165, 1.54) is 25.7 Å². The van der Waals surface area contributed by atoms with Crippen molar-refractivity contribution < 1.29 is 19.1 Å². The van der Waals surface area contributed by atoms with Crippen molar-refractivity contribution >= 4 is 11.9 Å². The first-order valence-corrected chi connectivity index (χ1v) is 10.0. The van der Waals surface area contributed by atoms with Crippen LogP contribution < -0.4 is 0 Å². The van der Waals surface area contributed by atoms with Gasteiger partial charge in [-0.15, -0.1) is 0 Å². The van der Waals surface area contributed by atoms with Gasteiger partial charge >= 0.3 is 11.9 Å². The Morgan fingerprint density at radius 2 is 0.917 bits per heavy atom. The highest BCUT2D eigenvalue weighted by Crippen LogP contribution is 2.08. The number of rotatable bonds is 17. The van der Waals surface area contributed by atoms with Gasteiger partial charge in [-0.2, -0.15) is 0 Å². The summed E-state index contributed by atoms with van der Waals surface area (Å²) in [7, 11) is 0. The Labute approximate surface area is 148 Å². The fraction of sp³-hybridized carbons (Fsp3) is 0.900. The van der Waals surface area contributed by atoms with Gasteiger partial charge < -0.3 is 9.47 Å². The number of hydrogen-bond acceptors (Lipinski definition) is 4. The van der Waals surface area contributed by atoms with Gasteiger partial charge in [0.2, 0.25) is 0 Å². The molecule has 0 bridgehead atoms. The zero-order chi connectivity index (χ0) is 17.9. The van der Waals surface area contributed by atoms with Gasteiger partial charge in [-0.1, -0.05) is 65.2 Å². The predicted molar refractivity (Wildman–Crippen MR) is 97.9 cm³/mol. The van der Waals surface area contributed by atoms with Crippen molar-refractivity contribution in [1.82, 2.24) is 0 Å². The summed E-state index contributed by atoms with van der Waals surface area (Å²) in [5.41, 5.74) is 0. The zero-order valence-corrected chi connectivity index (χ0v) is 15.9. The van der Waals surface area contributed by atoms with E-state index in [2.05, 4.69) is 13.8 Å². The Morgan fingerprint density at radius 3 is 1.29 bits per heavy atom. The molecule has 4 heteroatoms. The molecule has 0 amide bonds. The van der Waals surface area contributed by atoms with Gasteiger partial charge in [0.05, 0.1) is 13.2 Å². The summed E-state index contributed by atoms with van der Waals surface area (Å²) in [6.45, 7) is 5.45. The molecule has 0 saturated carbocycles. The van der Waals surface area contributed by atoms with Gasteiger partial charge in [-0.05, 0) is 25.7 Å². The number of carbonyl (C=O) groups excluding carboxylic acids is 2. The number of hydrogen-bond donors (Lipinski definition) is 0. The van der Waals surface area contributed by atoms with Crippen LogP contribution in [0.25, 0.3) is 0 Å². The van der Waals surface area contributed by atoms with Gasteiger partial charge in [0, 0.05) is 12.8 Å². The molecule has 0 aliphatic heterocycles. The second kappa shape index (κ2) is 18.3. The van der Waals surface area contributed by atoms with Crippen molar-refractivity contribution in [2.24, 2.45) is 0 Å². The highest BCUT2D eigenvalue weighted by Gasteiger charge is 2.04. The number of ether oxygens (including phenoxy) is 2. The maximum Gasteiger partial charge on any atom is 0.305 e. The van der Waals surface area contributed by atoms with Gasteiger partial charge in [0.1, 0.15) is 0 Å². The summed E-state index contributed by atoms with van der Waals surface area (Å²) < 4.78 is 10.4. The largest absolute Gasteiger partial charge is 0.466 e. The zero-order valence-electron chi connectivity index (χ0n) is 15.9. The Balaban J connectivity index is 3.28. The Hall–Kier alpha value is -1.06. The average molecular weight is 343 g/mol. The van der Waals surface area contributed by atoms with E-state index in [-0.39, 0.29) is 11.9 Å². The van der Waals surface area contributed by atoms with Crippen LogP contribution in [0.3, 0.4) is 0 Å². The molecule has 0 atom stereocenters. The Bertz CT molecular complexity index is 272. The third kappa shape index (κ3) is 17.3. The van der Waals surface area contributed by atoms with Crippen LogP contribution in [0.1, 0.15) is 104 Å². The molecule has 0 unspecified atom stereocenters. The Kier molecular flexibility index (Phi) is 17.5. The van der Waals surface area contributed by atoms with Crippen LogP contribution in [0.15, 0.2) is 0 Å². The van der Waals surface area contributed by atoms with Crippen molar-refractivity contribution in [3.8, 4) is 0 Å². The van der Waals surface area contributed by atoms with Crippen molar-refractivity contribution in [2.75, 3.05) is 13.2 Å². The maximum atomic E-state index is 11.5. The standard InChI is InChI=1S/C20H38O4/c1-3-5-7-13-17-23-19(21)15-11-9-10-12-16-20(22)24-18-14-8-6-4-2/h3-18H2,1-2H3. The second-order valence-corrected chi connectivity index (χ2v) is 6.48. The average Bonchev–Trinajstić information content (AvgIpc) is 2.57.